The average Bonchev–Trinajstić information content (AvgIpc) is 2.32. The van der Waals surface area contributed by atoms with E-state index in [1.165, 1.54) is 32.1 Å². The van der Waals surface area contributed by atoms with Gasteiger partial charge in [0.1, 0.15) is 0 Å². The Kier molecular flexibility index (Phi) is 4.15. The molecule has 1 aliphatic rings. The normalized spacial score (nSPS) is 17.9. The minimum Gasteiger partial charge on any atom is -0.311 e. The van der Waals surface area contributed by atoms with E-state index >= 15 is 0 Å². The molecule has 1 N–H and O–H groups in total. The SMILES string of the molecule is c1ccc(CNCC2CCCCC2)nc1. The van der Waals surface area contributed by atoms with Gasteiger partial charge >= 0.3 is 0 Å². The van der Waals surface area contributed by atoms with Crippen molar-refractivity contribution in [2.75, 3.05) is 6.54 Å². The lowest BCUT2D eigenvalue weighted by Crippen LogP contribution is -2.24. The molecule has 0 radical (unpaired) electrons. The van der Waals surface area contributed by atoms with Gasteiger partial charge in [-0.05, 0) is 37.4 Å². The van der Waals surface area contributed by atoms with E-state index in [4.69, 9.17) is 0 Å². The zero-order valence-electron chi connectivity index (χ0n) is 9.28. The van der Waals surface area contributed by atoms with Gasteiger partial charge in [0, 0.05) is 12.7 Å². The maximum absolute atomic E-state index is 4.30. The van der Waals surface area contributed by atoms with Crippen LogP contribution in [0.2, 0.25) is 0 Å². The van der Waals surface area contributed by atoms with Gasteiger partial charge in [0.05, 0.1) is 5.69 Å². The Hall–Kier alpha value is -0.890. The number of hydrogen-bond acceptors (Lipinski definition) is 2. The summed E-state index contributed by atoms with van der Waals surface area (Å²) in [4.78, 5) is 4.30. The van der Waals surface area contributed by atoms with Crippen molar-refractivity contribution >= 4 is 0 Å². The number of nitrogens with zero attached hydrogens (tertiary/aromatic N) is 1. The molecular weight excluding hydrogens is 184 g/mol. The third-order valence-electron chi connectivity index (χ3n) is 3.19. The van der Waals surface area contributed by atoms with Crippen LogP contribution in [0.4, 0.5) is 0 Å². The van der Waals surface area contributed by atoms with Crippen LogP contribution in [-0.2, 0) is 6.54 Å². The highest BCUT2D eigenvalue weighted by atomic mass is 14.9. The van der Waals surface area contributed by atoms with E-state index in [-0.39, 0.29) is 0 Å². The van der Waals surface area contributed by atoms with Crippen molar-refractivity contribution in [3.05, 3.63) is 30.1 Å². The first kappa shape index (κ1) is 10.6. The van der Waals surface area contributed by atoms with E-state index < -0.39 is 0 Å². The van der Waals surface area contributed by atoms with Crippen LogP contribution in [0, 0.1) is 5.92 Å². The molecule has 1 aromatic heterocycles. The molecule has 1 aliphatic carbocycles. The minimum atomic E-state index is 0.905. The van der Waals surface area contributed by atoms with Gasteiger partial charge < -0.3 is 5.32 Å². The highest BCUT2D eigenvalue weighted by molar-refractivity contribution is 5.02. The number of hydrogen-bond donors (Lipinski definition) is 1. The summed E-state index contributed by atoms with van der Waals surface area (Å²) in [5.41, 5.74) is 1.15. The second-order valence-electron chi connectivity index (χ2n) is 4.46. The fourth-order valence-electron chi connectivity index (χ4n) is 2.30. The number of aromatic nitrogens is 1. The molecule has 1 aromatic rings. The lowest BCUT2D eigenvalue weighted by Gasteiger charge is -2.21. The summed E-state index contributed by atoms with van der Waals surface area (Å²) >= 11 is 0. The van der Waals surface area contributed by atoms with Gasteiger partial charge in [0.15, 0.2) is 0 Å². The van der Waals surface area contributed by atoms with Crippen molar-refractivity contribution in [1.29, 1.82) is 0 Å². The number of pyridine rings is 1. The highest BCUT2D eigenvalue weighted by Gasteiger charge is 2.12. The third-order valence-corrected chi connectivity index (χ3v) is 3.19. The molecule has 1 heterocycles. The Morgan fingerprint density at radius 2 is 2.07 bits per heavy atom. The van der Waals surface area contributed by atoms with Gasteiger partial charge in [0.2, 0.25) is 0 Å². The molecule has 2 nitrogen and oxygen atoms in total. The van der Waals surface area contributed by atoms with Gasteiger partial charge in [-0.3, -0.25) is 4.98 Å². The van der Waals surface area contributed by atoms with Crippen LogP contribution >= 0.6 is 0 Å². The molecule has 82 valence electrons. The predicted molar refractivity (Wildman–Crippen MR) is 62.5 cm³/mol. The molecular formula is C13H20N2. The molecule has 0 saturated heterocycles. The van der Waals surface area contributed by atoms with Gasteiger partial charge in [-0.2, -0.15) is 0 Å². The fraction of sp³-hybridized carbons (Fsp3) is 0.615. The van der Waals surface area contributed by atoms with Crippen LogP contribution in [0.1, 0.15) is 37.8 Å². The Labute approximate surface area is 92.1 Å². The Balaban J connectivity index is 1.66. The number of nitrogens with one attached hydrogen (secondary N) is 1. The largest absolute Gasteiger partial charge is 0.311 e. The second kappa shape index (κ2) is 5.86. The summed E-state index contributed by atoms with van der Waals surface area (Å²) in [6.07, 6.45) is 8.98. The van der Waals surface area contributed by atoms with Gasteiger partial charge in [-0.25, -0.2) is 0 Å². The van der Waals surface area contributed by atoms with E-state index in [0.717, 1.165) is 24.7 Å². The van der Waals surface area contributed by atoms with E-state index in [9.17, 15) is 0 Å². The van der Waals surface area contributed by atoms with E-state index in [1.807, 2.05) is 18.3 Å². The first-order chi connectivity index (χ1) is 7.45. The van der Waals surface area contributed by atoms with Crippen LogP contribution in [0.5, 0.6) is 0 Å². The Bertz CT molecular complexity index is 265. The molecule has 0 unspecified atom stereocenters. The summed E-state index contributed by atoms with van der Waals surface area (Å²) in [5.74, 6) is 0.905. The van der Waals surface area contributed by atoms with Crippen molar-refractivity contribution in [2.45, 2.75) is 38.6 Å². The highest BCUT2D eigenvalue weighted by Crippen LogP contribution is 2.22. The molecule has 0 atom stereocenters. The van der Waals surface area contributed by atoms with Crippen LogP contribution in [0.25, 0.3) is 0 Å². The zero-order valence-corrected chi connectivity index (χ0v) is 9.28. The van der Waals surface area contributed by atoms with E-state index in [2.05, 4.69) is 16.4 Å². The maximum Gasteiger partial charge on any atom is 0.0541 e. The average molecular weight is 204 g/mol. The summed E-state index contributed by atoms with van der Waals surface area (Å²) < 4.78 is 0. The van der Waals surface area contributed by atoms with Crippen molar-refractivity contribution in [3.8, 4) is 0 Å². The molecule has 0 amide bonds. The molecule has 0 aliphatic heterocycles. The van der Waals surface area contributed by atoms with Gasteiger partial charge in [0.25, 0.3) is 0 Å². The fourth-order valence-corrected chi connectivity index (χ4v) is 2.30. The van der Waals surface area contributed by atoms with Crippen LogP contribution < -0.4 is 5.32 Å². The van der Waals surface area contributed by atoms with E-state index in [0.29, 0.717) is 0 Å². The molecule has 0 spiro atoms. The molecule has 0 bridgehead atoms. The quantitative estimate of drug-likeness (QED) is 0.815. The topological polar surface area (TPSA) is 24.9 Å². The van der Waals surface area contributed by atoms with Gasteiger partial charge in [-0.15, -0.1) is 0 Å². The first-order valence-corrected chi connectivity index (χ1v) is 6.06. The van der Waals surface area contributed by atoms with Gasteiger partial charge in [-0.1, -0.05) is 25.3 Å². The molecule has 15 heavy (non-hydrogen) atoms. The van der Waals surface area contributed by atoms with E-state index in [1.54, 1.807) is 0 Å². The molecule has 1 fully saturated rings. The summed E-state index contributed by atoms with van der Waals surface area (Å²) in [6, 6.07) is 6.09. The zero-order chi connectivity index (χ0) is 10.3. The minimum absolute atomic E-state index is 0.905. The van der Waals surface area contributed by atoms with Crippen molar-refractivity contribution < 1.29 is 0 Å². The van der Waals surface area contributed by atoms with Crippen molar-refractivity contribution in [1.82, 2.24) is 10.3 Å². The van der Waals surface area contributed by atoms with Crippen molar-refractivity contribution in [2.24, 2.45) is 5.92 Å². The second-order valence-corrected chi connectivity index (χ2v) is 4.46. The molecule has 0 aromatic carbocycles. The van der Waals surface area contributed by atoms with Crippen LogP contribution in [0.3, 0.4) is 0 Å². The van der Waals surface area contributed by atoms with Crippen LogP contribution in [-0.4, -0.2) is 11.5 Å². The monoisotopic (exact) mass is 204 g/mol. The lowest BCUT2D eigenvalue weighted by atomic mass is 9.89. The summed E-state index contributed by atoms with van der Waals surface area (Å²) in [5, 5.41) is 3.51. The molecule has 1 saturated carbocycles. The standard InChI is InChI=1S/C13H20N2/c1-2-6-12(7-3-1)10-14-11-13-8-4-5-9-15-13/h4-5,8-9,12,14H,1-3,6-7,10-11H2. The Morgan fingerprint density at radius 1 is 1.20 bits per heavy atom. The maximum atomic E-state index is 4.30. The molecule has 2 rings (SSSR count). The molecule has 2 heteroatoms. The third kappa shape index (κ3) is 3.63. The summed E-state index contributed by atoms with van der Waals surface area (Å²) in [7, 11) is 0. The smallest absolute Gasteiger partial charge is 0.0541 e. The Morgan fingerprint density at radius 3 is 2.80 bits per heavy atom. The first-order valence-electron chi connectivity index (χ1n) is 6.06. The number of rotatable bonds is 4. The van der Waals surface area contributed by atoms with Crippen LogP contribution in [0.15, 0.2) is 24.4 Å². The predicted octanol–water partition coefficient (Wildman–Crippen LogP) is 2.75. The lowest BCUT2D eigenvalue weighted by molar-refractivity contribution is 0.341. The summed E-state index contributed by atoms with van der Waals surface area (Å²) in [6.45, 7) is 2.08. The van der Waals surface area contributed by atoms with Crippen molar-refractivity contribution in [3.63, 3.8) is 0 Å².